The highest BCUT2D eigenvalue weighted by atomic mass is 79.9. The predicted octanol–water partition coefficient (Wildman–Crippen LogP) is 6.14. The average Bonchev–Trinajstić information content (AvgIpc) is 2.72. The summed E-state index contributed by atoms with van der Waals surface area (Å²) in [5, 5.41) is 20.6. The largest absolute Gasteiger partial charge is 0.488 e. The van der Waals surface area contributed by atoms with Crippen molar-refractivity contribution in [1.82, 2.24) is 0 Å². The number of ether oxygens (including phenoxy) is 1. The van der Waals surface area contributed by atoms with E-state index in [0.29, 0.717) is 16.9 Å². The lowest BCUT2D eigenvalue weighted by Gasteiger charge is -2.11. The van der Waals surface area contributed by atoms with Crippen LogP contribution in [0.25, 0.3) is 11.6 Å². The minimum atomic E-state index is -0.505. The molecule has 7 heteroatoms. The Morgan fingerprint density at radius 1 is 1.17 bits per heavy atom. The van der Waals surface area contributed by atoms with Crippen LogP contribution in [0.2, 0.25) is 0 Å². The van der Waals surface area contributed by atoms with Crippen molar-refractivity contribution in [2.75, 3.05) is 0 Å². The van der Waals surface area contributed by atoms with Crippen molar-refractivity contribution in [1.29, 1.82) is 5.26 Å². The molecule has 0 aliphatic carbocycles. The molecule has 0 amide bonds. The third kappa shape index (κ3) is 5.27. The molecule has 0 heterocycles. The van der Waals surface area contributed by atoms with Gasteiger partial charge in [-0.25, -0.2) is 4.39 Å². The molecule has 5 nitrogen and oxygen atoms in total. The van der Waals surface area contributed by atoms with Gasteiger partial charge in [0.2, 0.25) is 0 Å². The van der Waals surface area contributed by atoms with Gasteiger partial charge in [-0.2, -0.15) is 5.26 Å². The van der Waals surface area contributed by atoms with Crippen LogP contribution in [0.3, 0.4) is 0 Å². The molecule has 0 aliphatic rings. The Morgan fingerprint density at radius 3 is 2.62 bits per heavy atom. The molecule has 0 unspecified atom stereocenters. The van der Waals surface area contributed by atoms with Crippen LogP contribution in [0.1, 0.15) is 16.7 Å². The Kier molecular flexibility index (Phi) is 6.37. The third-order valence-corrected chi connectivity index (χ3v) is 4.56. The molecule has 0 fully saturated rings. The molecule has 0 aliphatic heterocycles. The van der Waals surface area contributed by atoms with Crippen LogP contribution >= 0.6 is 15.9 Å². The number of nitriles is 1. The van der Waals surface area contributed by atoms with Crippen molar-refractivity contribution in [3.8, 4) is 11.8 Å². The summed E-state index contributed by atoms with van der Waals surface area (Å²) < 4.78 is 19.7. The second-order valence-electron chi connectivity index (χ2n) is 6.07. The zero-order chi connectivity index (χ0) is 20.8. The van der Waals surface area contributed by atoms with Crippen LogP contribution in [0.4, 0.5) is 10.1 Å². The maximum atomic E-state index is 13.1. The predicted molar refractivity (Wildman–Crippen MR) is 111 cm³/mol. The van der Waals surface area contributed by atoms with E-state index in [1.807, 2.05) is 0 Å². The fourth-order valence-electron chi connectivity index (χ4n) is 2.63. The standard InChI is InChI=1S/C22H14BrFN2O3/c23-19-6-9-22(29-14-15-4-7-20(24)8-5-15)17(11-19)10-18(13-25)16-2-1-3-21(12-16)26(27)28/h1-12H,14H2. The molecular weight excluding hydrogens is 439 g/mol. The molecule has 0 saturated heterocycles. The summed E-state index contributed by atoms with van der Waals surface area (Å²) in [7, 11) is 0. The zero-order valence-corrected chi connectivity index (χ0v) is 16.6. The molecule has 0 bridgehead atoms. The first-order valence-electron chi connectivity index (χ1n) is 8.49. The van der Waals surface area contributed by atoms with Gasteiger partial charge >= 0.3 is 0 Å². The van der Waals surface area contributed by atoms with Gasteiger partial charge in [0.25, 0.3) is 5.69 Å². The van der Waals surface area contributed by atoms with E-state index >= 15 is 0 Å². The summed E-state index contributed by atoms with van der Waals surface area (Å²) in [6.45, 7) is 0.224. The molecule has 0 spiro atoms. The molecular formula is C22H14BrFN2O3. The highest BCUT2D eigenvalue weighted by molar-refractivity contribution is 9.10. The third-order valence-electron chi connectivity index (χ3n) is 4.07. The normalized spacial score (nSPS) is 11.0. The second kappa shape index (κ2) is 9.13. The van der Waals surface area contributed by atoms with Crippen molar-refractivity contribution in [3.05, 3.63) is 104 Å². The fraction of sp³-hybridized carbons (Fsp3) is 0.0455. The average molecular weight is 453 g/mol. The zero-order valence-electron chi connectivity index (χ0n) is 15.0. The van der Waals surface area contributed by atoms with E-state index in [1.54, 1.807) is 42.5 Å². The molecule has 3 rings (SSSR count). The van der Waals surface area contributed by atoms with Gasteiger partial charge in [-0.15, -0.1) is 0 Å². The Bertz CT molecular complexity index is 1120. The first kappa shape index (κ1) is 20.2. The van der Waals surface area contributed by atoms with Crippen molar-refractivity contribution in [2.45, 2.75) is 6.61 Å². The number of allylic oxidation sites excluding steroid dienone is 1. The van der Waals surface area contributed by atoms with Crippen LogP contribution in [-0.4, -0.2) is 4.92 Å². The van der Waals surface area contributed by atoms with Crippen LogP contribution in [-0.2, 0) is 6.61 Å². The summed E-state index contributed by atoms with van der Waals surface area (Å²) in [5.74, 6) is 0.201. The maximum Gasteiger partial charge on any atom is 0.270 e. The molecule has 0 radical (unpaired) electrons. The number of rotatable bonds is 6. The Balaban J connectivity index is 1.93. The van der Waals surface area contributed by atoms with Crippen LogP contribution in [0.15, 0.2) is 71.2 Å². The van der Waals surface area contributed by atoms with E-state index in [9.17, 15) is 19.8 Å². The van der Waals surface area contributed by atoms with E-state index in [0.717, 1.165) is 10.0 Å². The van der Waals surface area contributed by atoms with E-state index in [2.05, 4.69) is 22.0 Å². The number of nitro groups is 1. The quantitative estimate of drug-likeness (QED) is 0.195. The summed E-state index contributed by atoms with van der Waals surface area (Å²) in [6, 6.07) is 19.3. The minimum Gasteiger partial charge on any atom is -0.488 e. The molecule has 0 N–H and O–H groups in total. The fourth-order valence-corrected chi connectivity index (χ4v) is 3.01. The Labute approximate surface area is 175 Å². The number of nitro benzene ring substituents is 1. The number of hydrogen-bond acceptors (Lipinski definition) is 4. The topological polar surface area (TPSA) is 76.2 Å². The molecule has 3 aromatic rings. The van der Waals surface area contributed by atoms with Gasteiger partial charge in [0.05, 0.1) is 16.6 Å². The SMILES string of the molecule is N#CC(=Cc1cc(Br)ccc1OCc1ccc(F)cc1)c1cccc([N+](=O)[O-])c1. The number of nitrogens with zero attached hydrogens (tertiary/aromatic N) is 2. The van der Waals surface area contributed by atoms with E-state index in [-0.39, 0.29) is 23.7 Å². The Morgan fingerprint density at radius 2 is 1.93 bits per heavy atom. The molecule has 0 aromatic heterocycles. The van der Waals surface area contributed by atoms with Gasteiger partial charge in [0.15, 0.2) is 0 Å². The first-order chi connectivity index (χ1) is 14.0. The van der Waals surface area contributed by atoms with E-state index < -0.39 is 4.92 Å². The smallest absolute Gasteiger partial charge is 0.270 e. The second-order valence-corrected chi connectivity index (χ2v) is 6.99. The van der Waals surface area contributed by atoms with Gasteiger partial charge in [-0.05, 0) is 47.5 Å². The molecule has 144 valence electrons. The Hall–Kier alpha value is -3.50. The van der Waals surface area contributed by atoms with E-state index in [1.165, 1.54) is 30.3 Å². The van der Waals surface area contributed by atoms with Gasteiger partial charge in [-0.3, -0.25) is 10.1 Å². The van der Waals surface area contributed by atoms with Gasteiger partial charge in [0, 0.05) is 22.2 Å². The molecule has 0 atom stereocenters. The number of halogens is 2. The summed E-state index contributed by atoms with van der Waals surface area (Å²) in [6.07, 6.45) is 1.61. The number of non-ortho nitro benzene ring substituents is 1. The van der Waals surface area contributed by atoms with E-state index in [4.69, 9.17) is 4.74 Å². The van der Waals surface area contributed by atoms with Crippen LogP contribution < -0.4 is 4.74 Å². The van der Waals surface area contributed by atoms with Crippen molar-refractivity contribution < 1.29 is 14.1 Å². The summed E-state index contributed by atoms with van der Waals surface area (Å²) in [5.41, 5.74) is 2.03. The van der Waals surface area contributed by atoms with Crippen LogP contribution in [0.5, 0.6) is 5.75 Å². The molecule has 3 aromatic carbocycles. The van der Waals surface area contributed by atoms with Gasteiger partial charge in [-0.1, -0.05) is 40.2 Å². The number of hydrogen-bond donors (Lipinski definition) is 0. The van der Waals surface area contributed by atoms with Crippen LogP contribution in [0, 0.1) is 27.3 Å². The monoisotopic (exact) mass is 452 g/mol. The highest BCUT2D eigenvalue weighted by Gasteiger charge is 2.11. The lowest BCUT2D eigenvalue weighted by molar-refractivity contribution is -0.384. The lowest BCUT2D eigenvalue weighted by atomic mass is 10.0. The molecule has 0 saturated carbocycles. The lowest BCUT2D eigenvalue weighted by Crippen LogP contribution is -1.97. The molecule has 29 heavy (non-hydrogen) atoms. The highest BCUT2D eigenvalue weighted by Crippen LogP contribution is 2.29. The maximum absolute atomic E-state index is 13.1. The summed E-state index contributed by atoms with van der Waals surface area (Å²) in [4.78, 5) is 10.5. The van der Waals surface area contributed by atoms with Crippen molar-refractivity contribution in [2.24, 2.45) is 0 Å². The van der Waals surface area contributed by atoms with Gasteiger partial charge < -0.3 is 4.74 Å². The minimum absolute atomic E-state index is 0.0920. The summed E-state index contributed by atoms with van der Waals surface area (Å²) >= 11 is 3.40. The van der Waals surface area contributed by atoms with Crippen molar-refractivity contribution >= 4 is 33.3 Å². The first-order valence-corrected chi connectivity index (χ1v) is 9.29. The van der Waals surface area contributed by atoms with Crippen molar-refractivity contribution in [3.63, 3.8) is 0 Å². The van der Waals surface area contributed by atoms with Gasteiger partial charge in [0.1, 0.15) is 18.2 Å². The number of benzene rings is 3.